The molecule has 0 radical (unpaired) electrons. The minimum atomic E-state index is -1.32. The van der Waals surface area contributed by atoms with Crippen LogP contribution in [0.25, 0.3) is 0 Å². The Labute approximate surface area is 181 Å². The zero-order valence-electron chi connectivity index (χ0n) is 17.5. The normalized spacial score (nSPS) is 18.2. The summed E-state index contributed by atoms with van der Waals surface area (Å²) in [5.41, 5.74) is 1.56. The lowest BCUT2D eigenvalue weighted by Crippen LogP contribution is -2.60. The van der Waals surface area contributed by atoms with Gasteiger partial charge in [-0.2, -0.15) is 0 Å². The number of para-hydroxylation sites is 1. The average Bonchev–Trinajstić information content (AvgIpc) is 3.07. The summed E-state index contributed by atoms with van der Waals surface area (Å²) in [6, 6.07) is 24.8. The number of hydrogen-bond donors (Lipinski definition) is 0. The predicted molar refractivity (Wildman–Crippen MR) is 120 cm³/mol. The number of carbonyl (C=O) groups is 2. The van der Waals surface area contributed by atoms with Crippen molar-refractivity contribution >= 4 is 17.3 Å². The fraction of sp³-hybridized carbons (Fsp3) is 0.231. The standard InChI is InChI=1S/C26H24N2O3/c1-31-21-13-11-19(12-14-21)26(24(29)22-9-5-6-10-23(22)25(26)30)28-17-15-27(16-18-28)20-7-3-2-4-8-20/h2-14H,15-18H2,1H3. The number of fused-ring (bicyclic) bond motifs is 1. The van der Waals surface area contributed by atoms with Gasteiger partial charge in [0, 0.05) is 43.0 Å². The Morgan fingerprint density at radius 1 is 0.710 bits per heavy atom. The van der Waals surface area contributed by atoms with Crippen LogP contribution in [-0.4, -0.2) is 49.8 Å². The number of rotatable bonds is 4. The van der Waals surface area contributed by atoms with E-state index in [2.05, 4.69) is 21.9 Å². The molecule has 0 bridgehead atoms. The maximum absolute atomic E-state index is 13.8. The number of hydrogen-bond acceptors (Lipinski definition) is 5. The van der Waals surface area contributed by atoms with Crippen LogP contribution in [0.5, 0.6) is 5.75 Å². The number of carbonyl (C=O) groups excluding carboxylic acids is 2. The van der Waals surface area contributed by atoms with Crippen LogP contribution in [0.4, 0.5) is 5.69 Å². The van der Waals surface area contributed by atoms with Crippen molar-refractivity contribution in [2.24, 2.45) is 0 Å². The number of methoxy groups -OCH3 is 1. The molecule has 0 unspecified atom stereocenters. The number of piperazine rings is 1. The van der Waals surface area contributed by atoms with Crippen molar-refractivity contribution < 1.29 is 14.3 Å². The van der Waals surface area contributed by atoms with E-state index in [9.17, 15) is 9.59 Å². The molecule has 0 saturated carbocycles. The molecule has 5 nitrogen and oxygen atoms in total. The largest absolute Gasteiger partial charge is 0.497 e. The van der Waals surface area contributed by atoms with Gasteiger partial charge in [0.05, 0.1) is 7.11 Å². The van der Waals surface area contributed by atoms with E-state index in [0.717, 1.165) is 18.8 Å². The van der Waals surface area contributed by atoms with E-state index in [1.807, 2.05) is 54.6 Å². The number of anilines is 1. The lowest BCUT2D eigenvalue weighted by molar-refractivity contribution is 0.0461. The lowest BCUT2D eigenvalue weighted by Gasteiger charge is -2.44. The van der Waals surface area contributed by atoms with Crippen LogP contribution in [0, 0.1) is 0 Å². The average molecular weight is 412 g/mol. The molecule has 1 saturated heterocycles. The highest BCUT2D eigenvalue weighted by atomic mass is 16.5. The third kappa shape index (κ3) is 2.96. The highest BCUT2D eigenvalue weighted by Crippen LogP contribution is 2.43. The number of benzene rings is 3. The molecule has 31 heavy (non-hydrogen) atoms. The molecule has 1 heterocycles. The molecule has 0 aromatic heterocycles. The lowest BCUT2D eigenvalue weighted by atomic mass is 9.82. The van der Waals surface area contributed by atoms with Crippen molar-refractivity contribution in [3.63, 3.8) is 0 Å². The van der Waals surface area contributed by atoms with E-state index in [1.165, 1.54) is 0 Å². The molecule has 3 aromatic carbocycles. The Bertz CT molecular complexity index is 1080. The quantitative estimate of drug-likeness (QED) is 0.610. The van der Waals surface area contributed by atoms with Crippen molar-refractivity contribution in [3.8, 4) is 5.75 Å². The Balaban J connectivity index is 1.55. The Morgan fingerprint density at radius 3 is 1.81 bits per heavy atom. The molecule has 1 aliphatic heterocycles. The molecular weight excluding hydrogens is 388 g/mol. The second-order valence-corrected chi connectivity index (χ2v) is 7.95. The molecular formula is C26H24N2O3. The van der Waals surface area contributed by atoms with E-state index in [1.54, 1.807) is 19.2 Å². The third-order valence-corrected chi connectivity index (χ3v) is 6.46. The van der Waals surface area contributed by atoms with Gasteiger partial charge in [-0.1, -0.05) is 54.6 Å². The summed E-state index contributed by atoms with van der Waals surface area (Å²) in [5, 5.41) is 0. The highest BCUT2D eigenvalue weighted by molar-refractivity contribution is 6.32. The summed E-state index contributed by atoms with van der Waals surface area (Å²) in [5.74, 6) is 0.432. The van der Waals surface area contributed by atoms with Crippen LogP contribution in [0.3, 0.4) is 0 Å². The van der Waals surface area contributed by atoms with Gasteiger partial charge in [0.1, 0.15) is 5.75 Å². The molecule has 5 rings (SSSR count). The number of ether oxygens (including phenoxy) is 1. The number of nitrogens with zero attached hydrogens (tertiary/aromatic N) is 2. The summed E-state index contributed by atoms with van der Waals surface area (Å²) in [6.45, 7) is 2.73. The zero-order chi connectivity index (χ0) is 21.4. The van der Waals surface area contributed by atoms with Gasteiger partial charge in [0.25, 0.3) is 0 Å². The van der Waals surface area contributed by atoms with Gasteiger partial charge in [-0.15, -0.1) is 0 Å². The topological polar surface area (TPSA) is 49.9 Å². The summed E-state index contributed by atoms with van der Waals surface area (Å²) >= 11 is 0. The van der Waals surface area contributed by atoms with Crippen LogP contribution >= 0.6 is 0 Å². The summed E-state index contributed by atoms with van der Waals surface area (Å²) in [4.78, 5) is 32.0. The first-order valence-corrected chi connectivity index (χ1v) is 10.5. The van der Waals surface area contributed by atoms with E-state index < -0.39 is 5.54 Å². The van der Waals surface area contributed by atoms with Gasteiger partial charge in [-0.25, -0.2) is 0 Å². The fourth-order valence-corrected chi connectivity index (χ4v) is 4.88. The van der Waals surface area contributed by atoms with Crippen LogP contribution in [0.2, 0.25) is 0 Å². The minimum Gasteiger partial charge on any atom is -0.497 e. The van der Waals surface area contributed by atoms with E-state index in [4.69, 9.17) is 4.74 Å². The summed E-state index contributed by atoms with van der Waals surface area (Å²) in [7, 11) is 1.61. The Morgan fingerprint density at radius 2 is 1.26 bits per heavy atom. The van der Waals surface area contributed by atoms with Gasteiger partial charge in [-0.3, -0.25) is 14.5 Å². The van der Waals surface area contributed by atoms with Crippen molar-refractivity contribution in [1.29, 1.82) is 0 Å². The highest BCUT2D eigenvalue weighted by Gasteiger charge is 2.58. The maximum atomic E-state index is 13.8. The van der Waals surface area contributed by atoms with Gasteiger partial charge in [0.2, 0.25) is 0 Å². The molecule has 1 aliphatic carbocycles. The molecule has 0 N–H and O–H groups in total. The maximum Gasteiger partial charge on any atom is 0.196 e. The van der Waals surface area contributed by atoms with Crippen LogP contribution in [-0.2, 0) is 5.54 Å². The van der Waals surface area contributed by atoms with E-state index in [0.29, 0.717) is 35.5 Å². The van der Waals surface area contributed by atoms with Gasteiger partial charge >= 0.3 is 0 Å². The smallest absolute Gasteiger partial charge is 0.196 e. The Hall–Kier alpha value is -3.44. The molecule has 0 amide bonds. The minimum absolute atomic E-state index is 0.133. The fourth-order valence-electron chi connectivity index (χ4n) is 4.88. The Kier molecular flexibility index (Phi) is 4.83. The van der Waals surface area contributed by atoms with Crippen molar-refractivity contribution in [3.05, 3.63) is 95.6 Å². The molecule has 156 valence electrons. The van der Waals surface area contributed by atoms with Crippen LogP contribution < -0.4 is 9.64 Å². The molecule has 1 fully saturated rings. The summed E-state index contributed by atoms with van der Waals surface area (Å²) in [6.07, 6.45) is 0. The van der Waals surface area contributed by atoms with Crippen molar-refractivity contribution in [1.82, 2.24) is 4.90 Å². The van der Waals surface area contributed by atoms with Crippen molar-refractivity contribution in [2.45, 2.75) is 5.54 Å². The third-order valence-electron chi connectivity index (χ3n) is 6.46. The SMILES string of the molecule is COc1ccc(C2(N3CCN(c4ccccc4)CC3)C(=O)c3ccccc3C2=O)cc1. The number of ketones is 2. The first-order valence-electron chi connectivity index (χ1n) is 10.5. The first kappa shape index (κ1) is 19.5. The summed E-state index contributed by atoms with van der Waals surface area (Å²) < 4.78 is 5.30. The van der Waals surface area contributed by atoms with E-state index in [-0.39, 0.29) is 11.6 Å². The molecule has 5 heteroatoms. The van der Waals surface area contributed by atoms with Gasteiger partial charge in [-0.05, 0) is 29.8 Å². The van der Waals surface area contributed by atoms with Crippen LogP contribution in [0.15, 0.2) is 78.9 Å². The van der Waals surface area contributed by atoms with Crippen LogP contribution in [0.1, 0.15) is 26.3 Å². The van der Waals surface area contributed by atoms with Gasteiger partial charge < -0.3 is 9.64 Å². The zero-order valence-corrected chi connectivity index (χ0v) is 17.5. The van der Waals surface area contributed by atoms with E-state index >= 15 is 0 Å². The molecule has 3 aromatic rings. The van der Waals surface area contributed by atoms with Crippen molar-refractivity contribution in [2.75, 3.05) is 38.2 Å². The molecule has 2 aliphatic rings. The first-order chi connectivity index (χ1) is 15.2. The molecule has 0 spiro atoms. The number of Topliss-reactive ketones (excluding diaryl/α,β-unsaturated/α-hetero) is 2. The second-order valence-electron chi connectivity index (χ2n) is 7.95. The van der Waals surface area contributed by atoms with Gasteiger partial charge in [0.15, 0.2) is 17.1 Å². The monoisotopic (exact) mass is 412 g/mol. The predicted octanol–water partition coefficient (Wildman–Crippen LogP) is 3.79. The second kappa shape index (κ2) is 7.67. The molecule has 0 atom stereocenters.